The number of rotatable bonds is 6. The van der Waals surface area contributed by atoms with E-state index in [1.807, 2.05) is 59.4 Å². The van der Waals surface area contributed by atoms with E-state index in [0.29, 0.717) is 11.5 Å². The van der Waals surface area contributed by atoms with Crippen LogP contribution in [0.25, 0.3) is 44.4 Å². The van der Waals surface area contributed by atoms with Gasteiger partial charge in [-0.1, -0.05) is 23.7 Å². The first-order chi connectivity index (χ1) is 21.3. The minimum absolute atomic E-state index is 0. The maximum atomic E-state index is 6.34. The fraction of sp³-hybridized carbons (Fsp3) is 0.158. The summed E-state index contributed by atoms with van der Waals surface area (Å²) >= 11 is 0. The summed E-state index contributed by atoms with van der Waals surface area (Å²) in [5, 5.41) is 6.88. The van der Waals surface area contributed by atoms with Crippen LogP contribution in [0.1, 0.15) is 27.8 Å². The molecule has 0 fully saturated rings. The molecule has 0 bridgehead atoms. The van der Waals surface area contributed by atoms with Crippen LogP contribution in [0.2, 0.25) is 0 Å². The van der Waals surface area contributed by atoms with Crippen molar-refractivity contribution in [3.63, 3.8) is 0 Å². The van der Waals surface area contributed by atoms with Gasteiger partial charge in [0.25, 0.3) is 0 Å². The average molecular weight is 772 g/mol. The number of nitrogens with zero attached hydrogens (tertiary/aromatic N) is 4. The number of hydrogen-bond donors (Lipinski definition) is 0. The normalized spacial score (nSPS) is 11.2. The van der Waals surface area contributed by atoms with Crippen molar-refractivity contribution in [1.82, 2.24) is 19.3 Å². The number of ether oxygens (including phenoxy) is 2. The van der Waals surface area contributed by atoms with Gasteiger partial charge >= 0.3 is 21.1 Å². The molecule has 0 saturated heterocycles. The van der Waals surface area contributed by atoms with E-state index in [1.165, 1.54) is 33.4 Å². The zero-order valence-electron chi connectivity index (χ0n) is 26.0. The summed E-state index contributed by atoms with van der Waals surface area (Å²) in [4.78, 5) is 4.64. The largest absolute Gasteiger partial charge is 2.00 e. The molecular weight excluding hydrogens is 740 g/mol. The van der Waals surface area contributed by atoms with Crippen molar-refractivity contribution in [3.05, 3.63) is 125 Å². The summed E-state index contributed by atoms with van der Waals surface area (Å²) in [6, 6.07) is 28.8. The maximum Gasteiger partial charge on any atom is 2.00 e. The predicted octanol–water partition coefficient (Wildman–Crippen LogP) is 8.97. The minimum Gasteiger partial charge on any atom is -0.509 e. The van der Waals surface area contributed by atoms with Gasteiger partial charge in [0.15, 0.2) is 0 Å². The Hall–Kier alpha value is -4.67. The number of benzene rings is 4. The van der Waals surface area contributed by atoms with Gasteiger partial charge in [-0.15, -0.1) is 35.7 Å². The molecular formula is C38H32N4O2Pt. The molecule has 0 atom stereocenters. The molecule has 3 aromatic heterocycles. The number of hydrogen-bond acceptors (Lipinski definition) is 4. The van der Waals surface area contributed by atoms with Crippen LogP contribution in [-0.4, -0.2) is 26.4 Å². The maximum absolute atomic E-state index is 6.34. The van der Waals surface area contributed by atoms with Gasteiger partial charge < -0.3 is 14.0 Å². The minimum atomic E-state index is 0. The molecule has 0 aliphatic rings. The van der Waals surface area contributed by atoms with Gasteiger partial charge in [-0.25, -0.2) is 4.98 Å². The second-order valence-electron chi connectivity index (χ2n) is 11.2. The second-order valence-corrected chi connectivity index (χ2v) is 11.2. The average Bonchev–Trinajstić information content (AvgIpc) is 3.66. The number of methoxy groups -OCH3 is 1. The summed E-state index contributed by atoms with van der Waals surface area (Å²) in [5.41, 5.74) is 11.6. The Labute approximate surface area is 277 Å². The number of aromatic nitrogens is 4. The van der Waals surface area contributed by atoms with Crippen molar-refractivity contribution in [2.75, 3.05) is 7.11 Å². The Bertz CT molecular complexity index is 2180. The van der Waals surface area contributed by atoms with Gasteiger partial charge in [0.1, 0.15) is 11.6 Å². The van der Waals surface area contributed by atoms with Gasteiger partial charge in [0, 0.05) is 41.0 Å². The summed E-state index contributed by atoms with van der Waals surface area (Å²) in [6.07, 6.45) is 5.75. The quantitative estimate of drug-likeness (QED) is 0.159. The third-order valence-corrected chi connectivity index (χ3v) is 8.83. The van der Waals surface area contributed by atoms with Crippen LogP contribution >= 0.6 is 0 Å². The first-order valence-electron chi connectivity index (χ1n) is 14.6. The molecule has 0 radical (unpaired) electrons. The standard InChI is InChI=1S/C38H32N4O2.Pt/c1-23-24(2)26(4)38(27(5)25(23)3)28-21-40-41(22-28)29-10-9-11-31(18-29)44-32-14-15-34-33-12-7-8-13-35(33)42(36(34)19-32)37-20-30(43-6)16-17-39-37;/h7-17,20-22H,1-6H3;/q-2;+2. The molecule has 3 heterocycles. The first-order valence-corrected chi connectivity index (χ1v) is 14.6. The van der Waals surface area contributed by atoms with Crippen molar-refractivity contribution in [2.24, 2.45) is 0 Å². The molecule has 7 heteroatoms. The molecule has 226 valence electrons. The van der Waals surface area contributed by atoms with E-state index in [9.17, 15) is 0 Å². The van der Waals surface area contributed by atoms with Crippen molar-refractivity contribution < 1.29 is 30.5 Å². The molecule has 7 aromatic rings. The molecule has 0 aliphatic heterocycles. The Morgan fingerprint density at radius 2 is 1.47 bits per heavy atom. The Balaban J connectivity index is 0.00000357. The molecule has 0 N–H and O–H groups in total. The van der Waals surface area contributed by atoms with Crippen LogP contribution in [0.15, 0.2) is 85.3 Å². The fourth-order valence-corrected chi connectivity index (χ4v) is 6.09. The van der Waals surface area contributed by atoms with E-state index < -0.39 is 0 Å². The molecule has 0 unspecified atom stereocenters. The second kappa shape index (κ2) is 12.0. The van der Waals surface area contributed by atoms with Crippen LogP contribution in [-0.2, 0) is 21.1 Å². The molecule has 0 spiro atoms. The van der Waals surface area contributed by atoms with Crippen molar-refractivity contribution in [1.29, 1.82) is 0 Å². The van der Waals surface area contributed by atoms with Gasteiger partial charge in [-0.2, -0.15) is 17.2 Å². The summed E-state index contributed by atoms with van der Waals surface area (Å²) in [7, 11) is 1.66. The molecule has 4 aromatic carbocycles. The van der Waals surface area contributed by atoms with E-state index in [2.05, 4.69) is 80.7 Å². The monoisotopic (exact) mass is 771 g/mol. The molecule has 0 saturated carbocycles. The van der Waals surface area contributed by atoms with Gasteiger partial charge in [0.2, 0.25) is 0 Å². The molecule has 6 nitrogen and oxygen atoms in total. The summed E-state index contributed by atoms with van der Waals surface area (Å²) < 4.78 is 15.8. The van der Waals surface area contributed by atoms with Crippen LogP contribution in [0.3, 0.4) is 0 Å². The van der Waals surface area contributed by atoms with E-state index >= 15 is 0 Å². The van der Waals surface area contributed by atoms with Crippen molar-refractivity contribution in [3.8, 4) is 39.9 Å². The summed E-state index contributed by atoms with van der Waals surface area (Å²) in [5.74, 6) is 2.64. The Morgan fingerprint density at radius 1 is 0.733 bits per heavy atom. The van der Waals surface area contributed by atoms with Crippen molar-refractivity contribution in [2.45, 2.75) is 34.6 Å². The van der Waals surface area contributed by atoms with Crippen LogP contribution in [0, 0.1) is 46.8 Å². The van der Waals surface area contributed by atoms with E-state index in [-0.39, 0.29) is 21.1 Å². The van der Waals surface area contributed by atoms with Crippen molar-refractivity contribution >= 4 is 21.8 Å². The SMILES string of the molecule is COc1ccnc(-n2c3[c-]c(Oc4[c-]c(-n5cc(-c6c(C)c(C)c(C)c(C)c6C)cn5)ccc4)ccc3c3ccccc32)c1.[Pt+2]. The van der Waals surface area contributed by atoms with Crippen LogP contribution < -0.4 is 9.47 Å². The zero-order chi connectivity index (χ0) is 30.5. The zero-order valence-corrected chi connectivity index (χ0v) is 28.3. The Morgan fingerprint density at radius 3 is 2.24 bits per heavy atom. The number of para-hydroxylation sites is 1. The third-order valence-electron chi connectivity index (χ3n) is 8.83. The Kier molecular flexibility index (Phi) is 8.11. The van der Waals surface area contributed by atoms with Crippen LogP contribution in [0.4, 0.5) is 0 Å². The predicted molar refractivity (Wildman–Crippen MR) is 176 cm³/mol. The van der Waals surface area contributed by atoms with Gasteiger partial charge in [-0.3, -0.25) is 4.68 Å². The number of pyridine rings is 1. The fourth-order valence-electron chi connectivity index (χ4n) is 6.09. The topological polar surface area (TPSA) is 54.1 Å². The first kappa shape index (κ1) is 30.4. The third kappa shape index (κ3) is 5.23. The molecule has 0 amide bonds. The van der Waals surface area contributed by atoms with E-state index in [0.717, 1.165) is 44.6 Å². The van der Waals surface area contributed by atoms with Gasteiger partial charge in [0.05, 0.1) is 13.3 Å². The molecule has 45 heavy (non-hydrogen) atoms. The van der Waals surface area contributed by atoms with E-state index in [1.54, 1.807) is 13.3 Å². The smallest absolute Gasteiger partial charge is 0.509 e. The number of fused-ring (bicyclic) bond motifs is 3. The van der Waals surface area contributed by atoms with E-state index in [4.69, 9.17) is 14.6 Å². The molecule has 0 aliphatic carbocycles. The van der Waals surface area contributed by atoms with Crippen LogP contribution in [0.5, 0.6) is 17.2 Å². The molecule has 7 rings (SSSR count). The van der Waals surface area contributed by atoms with Gasteiger partial charge in [-0.05, 0) is 91.2 Å². The summed E-state index contributed by atoms with van der Waals surface area (Å²) in [6.45, 7) is 11.0.